The first-order chi connectivity index (χ1) is 14.3. The van der Waals surface area contributed by atoms with E-state index >= 15 is 0 Å². The first-order valence-corrected chi connectivity index (χ1v) is 11.1. The van der Waals surface area contributed by atoms with Gasteiger partial charge < -0.3 is 0 Å². The summed E-state index contributed by atoms with van der Waals surface area (Å²) < 4.78 is 0. The van der Waals surface area contributed by atoms with Crippen LogP contribution in [0, 0.1) is 28.6 Å². The van der Waals surface area contributed by atoms with E-state index in [4.69, 9.17) is 0 Å². The van der Waals surface area contributed by atoms with Gasteiger partial charge in [0.1, 0.15) is 17.0 Å². The zero-order chi connectivity index (χ0) is 21.5. The van der Waals surface area contributed by atoms with Gasteiger partial charge in [0.05, 0.1) is 17.0 Å². The molecule has 30 heavy (non-hydrogen) atoms. The Kier molecular flexibility index (Phi) is 5.33. The monoisotopic (exact) mass is 418 g/mol. The van der Waals surface area contributed by atoms with Gasteiger partial charge in [-0.05, 0) is 55.2 Å². The van der Waals surface area contributed by atoms with Crippen molar-refractivity contribution in [1.29, 1.82) is 5.26 Å². The molecule has 2 aliphatic rings. The Bertz CT molecular complexity index is 1070. The quantitative estimate of drug-likeness (QED) is 0.617. The number of rotatable bonds is 3. The van der Waals surface area contributed by atoms with E-state index in [0.29, 0.717) is 17.2 Å². The molecule has 1 aromatic carbocycles. The van der Waals surface area contributed by atoms with Crippen LogP contribution in [0.15, 0.2) is 40.4 Å². The van der Waals surface area contributed by atoms with Crippen LogP contribution >= 0.6 is 11.3 Å². The molecule has 1 aromatic heterocycles. The third kappa shape index (κ3) is 3.70. The third-order valence-electron chi connectivity index (χ3n) is 6.11. The molecule has 5 nitrogen and oxygen atoms in total. The summed E-state index contributed by atoms with van der Waals surface area (Å²) in [4.78, 5) is 18.8. The molecule has 2 aromatic rings. The lowest BCUT2D eigenvalue weighted by Crippen LogP contribution is -2.27. The third-order valence-corrected chi connectivity index (χ3v) is 7.27. The van der Waals surface area contributed by atoms with Crippen LogP contribution in [0.1, 0.15) is 50.1 Å². The van der Waals surface area contributed by atoms with Crippen molar-refractivity contribution < 1.29 is 4.79 Å². The maximum atomic E-state index is 12.9. The topological polar surface area (TPSA) is 68.8 Å². The highest BCUT2D eigenvalue weighted by Crippen LogP contribution is 2.45. The molecule has 0 radical (unpaired) electrons. The number of anilines is 1. The average Bonchev–Trinajstić information content (AvgIpc) is 3.22. The number of amides is 1. The number of para-hydroxylation sites is 1. The van der Waals surface area contributed by atoms with Gasteiger partial charge in [0, 0.05) is 11.1 Å². The van der Waals surface area contributed by atoms with Crippen molar-refractivity contribution >= 4 is 39.9 Å². The molecule has 0 saturated carbocycles. The summed E-state index contributed by atoms with van der Waals surface area (Å²) in [6.45, 7) is 8.70. The van der Waals surface area contributed by atoms with E-state index in [1.54, 1.807) is 17.6 Å². The lowest BCUT2D eigenvalue weighted by molar-refractivity contribution is -0.118. The minimum absolute atomic E-state index is 0.116. The first-order valence-electron chi connectivity index (χ1n) is 10.3. The molecule has 154 valence electrons. The molecule has 6 heteroatoms. The SMILES string of the molecule is CC1=NN(c2ccccc2)C(=O)[C@H]1C=Nc1sc2c(c1C#N)CC[C@H](C(C)(C)C)C2. The van der Waals surface area contributed by atoms with Crippen molar-refractivity contribution in [3.63, 3.8) is 0 Å². The molecule has 0 N–H and O–H groups in total. The molecule has 2 heterocycles. The molecule has 0 unspecified atom stereocenters. The highest BCUT2D eigenvalue weighted by molar-refractivity contribution is 7.16. The lowest BCUT2D eigenvalue weighted by Gasteiger charge is -2.33. The van der Waals surface area contributed by atoms with E-state index in [-0.39, 0.29) is 11.3 Å². The van der Waals surface area contributed by atoms with E-state index in [0.717, 1.165) is 35.5 Å². The minimum Gasteiger partial charge on any atom is -0.271 e. The summed E-state index contributed by atoms with van der Waals surface area (Å²) in [7, 11) is 0. The highest BCUT2D eigenvalue weighted by atomic mass is 32.1. The smallest absolute Gasteiger partial charge is 0.261 e. The Hall–Kier alpha value is -2.78. The van der Waals surface area contributed by atoms with Gasteiger partial charge in [0.15, 0.2) is 0 Å². The van der Waals surface area contributed by atoms with Gasteiger partial charge in [-0.3, -0.25) is 4.79 Å². The Labute approximate surface area is 181 Å². The molecule has 1 aliphatic heterocycles. The molecule has 1 amide bonds. The fourth-order valence-corrected chi connectivity index (χ4v) is 5.39. The molecular weight excluding hydrogens is 392 g/mol. The van der Waals surface area contributed by atoms with Crippen molar-refractivity contribution in [2.24, 2.45) is 27.3 Å². The Morgan fingerprint density at radius 2 is 2.03 bits per heavy atom. The van der Waals surface area contributed by atoms with Crippen LogP contribution in [-0.2, 0) is 17.6 Å². The number of thiophene rings is 1. The predicted molar refractivity (Wildman–Crippen MR) is 123 cm³/mol. The first kappa shape index (κ1) is 20.5. The summed E-state index contributed by atoms with van der Waals surface area (Å²) in [5.74, 6) is -0.00878. The maximum Gasteiger partial charge on any atom is 0.261 e. The van der Waals surface area contributed by atoms with Crippen molar-refractivity contribution in [2.75, 3.05) is 5.01 Å². The van der Waals surface area contributed by atoms with Crippen LogP contribution < -0.4 is 5.01 Å². The summed E-state index contributed by atoms with van der Waals surface area (Å²) in [5, 5.41) is 16.3. The number of hydrogen-bond acceptors (Lipinski definition) is 5. The van der Waals surface area contributed by atoms with Crippen molar-refractivity contribution in [3.8, 4) is 6.07 Å². The molecule has 0 bridgehead atoms. The largest absolute Gasteiger partial charge is 0.271 e. The van der Waals surface area contributed by atoms with Gasteiger partial charge in [-0.2, -0.15) is 15.4 Å². The van der Waals surface area contributed by atoms with Crippen molar-refractivity contribution in [1.82, 2.24) is 0 Å². The zero-order valence-corrected chi connectivity index (χ0v) is 18.7. The standard InChI is InChI=1S/C24H26N4OS/c1-15-20(23(29)28(27-15)17-8-6-5-7-9-17)14-26-22-19(13-25)18-11-10-16(24(2,3)4)12-21(18)30-22/h5-9,14,16,20H,10-12H2,1-4H3/t16-,20-/m0/s1. The van der Waals surface area contributed by atoms with E-state index < -0.39 is 5.92 Å². The zero-order valence-electron chi connectivity index (χ0n) is 17.8. The number of nitriles is 1. The normalized spacial score (nSPS) is 21.6. The Morgan fingerprint density at radius 1 is 1.30 bits per heavy atom. The predicted octanol–water partition coefficient (Wildman–Crippen LogP) is 5.51. The number of carbonyl (C=O) groups excluding carboxylic acids is 1. The number of benzene rings is 1. The molecular formula is C24H26N4OS. The van der Waals surface area contributed by atoms with Gasteiger partial charge in [0.2, 0.25) is 0 Å². The van der Waals surface area contributed by atoms with E-state index in [1.807, 2.05) is 37.3 Å². The average molecular weight is 419 g/mol. The molecule has 1 aliphatic carbocycles. The summed E-state index contributed by atoms with van der Waals surface area (Å²) in [6, 6.07) is 11.8. The molecule has 4 rings (SSSR count). The number of hydrazone groups is 1. The van der Waals surface area contributed by atoms with E-state index in [2.05, 4.69) is 36.9 Å². The van der Waals surface area contributed by atoms with Crippen LogP contribution in [0.2, 0.25) is 0 Å². The molecule has 0 fully saturated rings. The van der Waals surface area contributed by atoms with Crippen LogP contribution in [-0.4, -0.2) is 17.8 Å². The van der Waals surface area contributed by atoms with Gasteiger partial charge in [0.25, 0.3) is 5.91 Å². The minimum atomic E-state index is -0.502. The van der Waals surface area contributed by atoms with Crippen molar-refractivity contribution in [3.05, 3.63) is 46.3 Å². The van der Waals surface area contributed by atoms with Gasteiger partial charge >= 0.3 is 0 Å². The fraction of sp³-hybridized carbons (Fsp3) is 0.417. The summed E-state index contributed by atoms with van der Waals surface area (Å²) in [5.41, 5.74) is 3.54. The van der Waals surface area contributed by atoms with Crippen LogP contribution in [0.4, 0.5) is 10.7 Å². The van der Waals surface area contributed by atoms with Crippen LogP contribution in [0.25, 0.3) is 0 Å². The van der Waals surface area contributed by atoms with E-state index in [9.17, 15) is 10.1 Å². The van der Waals surface area contributed by atoms with E-state index in [1.165, 1.54) is 9.89 Å². The number of hydrogen-bond donors (Lipinski definition) is 0. The maximum absolute atomic E-state index is 12.9. The van der Waals surface area contributed by atoms with Crippen LogP contribution in [0.3, 0.4) is 0 Å². The van der Waals surface area contributed by atoms with Crippen LogP contribution in [0.5, 0.6) is 0 Å². The second-order valence-electron chi connectivity index (χ2n) is 9.08. The molecule has 2 atom stereocenters. The summed E-state index contributed by atoms with van der Waals surface area (Å²) in [6.07, 6.45) is 4.68. The fourth-order valence-electron chi connectivity index (χ4n) is 4.16. The molecule has 0 spiro atoms. The number of aliphatic imine (C=N–C) groups is 1. The van der Waals surface area contributed by atoms with Gasteiger partial charge in [-0.15, -0.1) is 11.3 Å². The second kappa shape index (κ2) is 7.81. The molecule has 0 saturated heterocycles. The van der Waals surface area contributed by atoms with Gasteiger partial charge in [-0.1, -0.05) is 39.0 Å². The number of carbonyl (C=O) groups is 1. The Morgan fingerprint density at radius 3 is 2.70 bits per heavy atom. The Balaban J connectivity index is 1.58. The van der Waals surface area contributed by atoms with Crippen molar-refractivity contribution in [2.45, 2.75) is 47.0 Å². The number of nitrogens with zero attached hydrogens (tertiary/aromatic N) is 4. The summed E-state index contributed by atoms with van der Waals surface area (Å²) >= 11 is 1.60. The second-order valence-corrected chi connectivity index (χ2v) is 10.2. The lowest BCUT2D eigenvalue weighted by atomic mass is 9.72. The highest BCUT2D eigenvalue weighted by Gasteiger charge is 2.34. The van der Waals surface area contributed by atoms with Gasteiger partial charge in [-0.25, -0.2) is 4.99 Å². The number of fused-ring (bicyclic) bond motifs is 1.